The number of aliphatic hydroxyl groups is 1. The summed E-state index contributed by atoms with van der Waals surface area (Å²) < 4.78 is 7.47. The van der Waals surface area contributed by atoms with E-state index in [1.165, 1.54) is 0 Å². The van der Waals surface area contributed by atoms with Crippen molar-refractivity contribution in [1.29, 1.82) is 0 Å². The van der Waals surface area contributed by atoms with E-state index < -0.39 is 0 Å². The summed E-state index contributed by atoms with van der Waals surface area (Å²) >= 11 is 0. The van der Waals surface area contributed by atoms with E-state index in [0.717, 1.165) is 19.5 Å². The second-order valence-electron chi connectivity index (χ2n) is 5.95. The van der Waals surface area contributed by atoms with Crippen LogP contribution in [0.5, 0.6) is 0 Å². The summed E-state index contributed by atoms with van der Waals surface area (Å²) in [6, 6.07) is 0.502. The number of aromatic nitrogens is 2. The summed E-state index contributed by atoms with van der Waals surface area (Å²) in [7, 11) is 1.81. The number of rotatable bonds is 4. The maximum absolute atomic E-state index is 12.2. The first-order chi connectivity index (χ1) is 11.6. The van der Waals surface area contributed by atoms with Crippen molar-refractivity contribution in [2.45, 2.75) is 31.0 Å². The van der Waals surface area contributed by atoms with Gasteiger partial charge >= 0.3 is 0 Å². The lowest BCUT2D eigenvalue weighted by atomic mass is 10.1. The minimum atomic E-state index is -0.250. The van der Waals surface area contributed by atoms with Gasteiger partial charge in [-0.3, -0.25) is 14.5 Å². The minimum absolute atomic E-state index is 0.107. The standard InChI is InChI=1S/C14H22N4O3.CH2O2/c1-17-4-3-15-13(17)14(20)16-10-6-11-9-21-12(2-5-19)8-18(11)7-10;2-1-3/h3-4,10-12,19H,2,5-9H2,1H3,(H,16,20);1H,(H,2,3)/t10-,11-,12-;/m0./s1. The molecule has 1 aromatic rings. The zero-order valence-electron chi connectivity index (χ0n) is 13.7. The van der Waals surface area contributed by atoms with Crippen molar-refractivity contribution in [3.05, 3.63) is 18.2 Å². The van der Waals surface area contributed by atoms with Gasteiger partial charge in [0.2, 0.25) is 0 Å². The fraction of sp³-hybridized carbons (Fsp3) is 0.667. The topological polar surface area (TPSA) is 117 Å². The van der Waals surface area contributed by atoms with Gasteiger partial charge in [-0.2, -0.15) is 0 Å². The van der Waals surface area contributed by atoms with Gasteiger partial charge in [0.25, 0.3) is 12.4 Å². The Bertz CT molecular complexity index is 550. The Hall–Kier alpha value is -1.97. The van der Waals surface area contributed by atoms with E-state index >= 15 is 0 Å². The molecule has 1 amide bonds. The Morgan fingerprint density at radius 2 is 2.29 bits per heavy atom. The molecule has 3 atom stereocenters. The van der Waals surface area contributed by atoms with Crippen LogP contribution in [0, 0.1) is 0 Å². The molecule has 3 N–H and O–H groups in total. The maximum Gasteiger partial charge on any atom is 0.290 e. The number of aryl methyl sites for hydroxylation is 1. The maximum atomic E-state index is 12.2. The van der Waals surface area contributed by atoms with E-state index in [9.17, 15) is 4.79 Å². The van der Waals surface area contributed by atoms with Gasteiger partial charge in [0.1, 0.15) is 0 Å². The van der Waals surface area contributed by atoms with Crippen LogP contribution < -0.4 is 5.32 Å². The Morgan fingerprint density at radius 3 is 2.92 bits per heavy atom. The van der Waals surface area contributed by atoms with E-state index in [0.29, 0.717) is 24.9 Å². The van der Waals surface area contributed by atoms with Gasteiger partial charge in [-0.05, 0) is 12.8 Å². The number of nitrogens with zero attached hydrogens (tertiary/aromatic N) is 3. The fourth-order valence-electron chi connectivity index (χ4n) is 3.20. The molecule has 24 heavy (non-hydrogen) atoms. The van der Waals surface area contributed by atoms with Crippen molar-refractivity contribution in [2.24, 2.45) is 7.05 Å². The van der Waals surface area contributed by atoms with Crippen molar-refractivity contribution < 1.29 is 24.5 Å². The molecule has 0 unspecified atom stereocenters. The quantitative estimate of drug-likeness (QED) is 0.607. The van der Waals surface area contributed by atoms with Crippen LogP contribution in [0.2, 0.25) is 0 Å². The van der Waals surface area contributed by atoms with Crippen molar-refractivity contribution in [3.63, 3.8) is 0 Å². The van der Waals surface area contributed by atoms with E-state index in [2.05, 4.69) is 15.2 Å². The summed E-state index contributed by atoms with van der Waals surface area (Å²) in [4.78, 5) is 27.0. The van der Waals surface area contributed by atoms with Gasteiger partial charge in [0.05, 0.1) is 12.7 Å². The molecular formula is C15H24N4O5. The second kappa shape index (κ2) is 8.76. The number of amides is 1. The highest BCUT2D eigenvalue weighted by atomic mass is 16.5. The van der Waals surface area contributed by atoms with Crippen molar-refractivity contribution in [3.8, 4) is 0 Å². The first-order valence-electron chi connectivity index (χ1n) is 7.91. The molecule has 134 valence electrons. The Labute approximate surface area is 140 Å². The number of hydrogen-bond acceptors (Lipinski definition) is 6. The molecule has 0 spiro atoms. The zero-order valence-corrected chi connectivity index (χ0v) is 13.7. The molecule has 0 aromatic carbocycles. The number of nitrogens with one attached hydrogen (secondary N) is 1. The molecular weight excluding hydrogens is 316 g/mol. The molecule has 9 heteroatoms. The summed E-state index contributed by atoms with van der Waals surface area (Å²) in [6.07, 6.45) is 5.07. The highest BCUT2D eigenvalue weighted by Crippen LogP contribution is 2.24. The highest BCUT2D eigenvalue weighted by molar-refractivity contribution is 5.91. The van der Waals surface area contributed by atoms with Gasteiger partial charge in [-0.25, -0.2) is 4.98 Å². The van der Waals surface area contributed by atoms with Crippen molar-refractivity contribution >= 4 is 12.4 Å². The van der Waals surface area contributed by atoms with E-state index in [1.807, 2.05) is 7.05 Å². The smallest absolute Gasteiger partial charge is 0.290 e. The molecule has 3 heterocycles. The van der Waals surface area contributed by atoms with Crippen LogP contribution in [0.15, 0.2) is 12.4 Å². The lowest BCUT2D eigenvalue weighted by Gasteiger charge is -2.34. The number of carbonyl (C=O) groups excluding carboxylic acids is 1. The number of fused-ring (bicyclic) bond motifs is 1. The molecule has 0 bridgehead atoms. The van der Waals surface area contributed by atoms with Crippen molar-refractivity contribution in [1.82, 2.24) is 19.8 Å². The van der Waals surface area contributed by atoms with Crippen LogP contribution in [-0.4, -0.2) is 81.5 Å². The third-order valence-electron chi connectivity index (χ3n) is 4.30. The van der Waals surface area contributed by atoms with Crippen molar-refractivity contribution in [2.75, 3.05) is 26.3 Å². The average molecular weight is 340 g/mol. The first kappa shape index (κ1) is 18.4. The largest absolute Gasteiger partial charge is 0.483 e. The first-order valence-corrected chi connectivity index (χ1v) is 7.91. The number of carbonyl (C=O) groups is 2. The SMILES string of the molecule is Cn1ccnc1C(=O)N[C@H]1C[C@H]2CO[C@@H](CCO)CN2C1.O=CO. The third-order valence-corrected chi connectivity index (χ3v) is 4.30. The van der Waals surface area contributed by atoms with Crippen LogP contribution in [0.1, 0.15) is 23.5 Å². The molecule has 2 aliphatic heterocycles. The lowest BCUT2D eigenvalue weighted by molar-refractivity contribution is -0.122. The molecule has 1 aromatic heterocycles. The number of morpholine rings is 1. The fourth-order valence-corrected chi connectivity index (χ4v) is 3.20. The highest BCUT2D eigenvalue weighted by Gasteiger charge is 2.37. The average Bonchev–Trinajstić information content (AvgIpc) is 3.13. The summed E-state index contributed by atoms with van der Waals surface area (Å²) in [5.74, 6) is 0.314. The zero-order chi connectivity index (χ0) is 17.5. The van der Waals surface area contributed by atoms with Crippen LogP contribution in [0.3, 0.4) is 0 Å². The van der Waals surface area contributed by atoms with E-state index in [4.69, 9.17) is 19.7 Å². The van der Waals surface area contributed by atoms with Gasteiger partial charge in [-0.15, -0.1) is 0 Å². The number of aliphatic hydroxyl groups excluding tert-OH is 1. The van der Waals surface area contributed by atoms with Gasteiger partial charge in [0.15, 0.2) is 5.82 Å². The number of imidazole rings is 1. The van der Waals surface area contributed by atoms with E-state index in [-0.39, 0.29) is 31.1 Å². The molecule has 9 nitrogen and oxygen atoms in total. The third kappa shape index (κ3) is 4.53. The monoisotopic (exact) mass is 340 g/mol. The van der Waals surface area contributed by atoms with Crippen LogP contribution in [-0.2, 0) is 16.6 Å². The molecule has 2 saturated heterocycles. The Balaban J connectivity index is 0.000000647. The van der Waals surface area contributed by atoms with Gasteiger partial charge in [-0.1, -0.05) is 0 Å². The molecule has 0 aliphatic carbocycles. The number of hydrogen-bond donors (Lipinski definition) is 3. The molecule has 2 aliphatic rings. The Kier molecular flexibility index (Phi) is 6.71. The van der Waals surface area contributed by atoms with Crippen LogP contribution in [0.25, 0.3) is 0 Å². The van der Waals surface area contributed by atoms with Gasteiger partial charge < -0.3 is 24.8 Å². The normalized spacial score (nSPS) is 26.2. The predicted octanol–water partition coefficient (Wildman–Crippen LogP) is -0.925. The number of carboxylic acid groups (broad SMARTS) is 1. The summed E-state index contributed by atoms with van der Waals surface area (Å²) in [5.41, 5.74) is 0. The lowest BCUT2D eigenvalue weighted by Crippen LogP contribution is -2.46. The molecule has 3 rings (SSSR count). The summed E-state index contributed by atoms with van der Waals surface area (Å²) in [5, 5.41) is 18.9. The van der Waals surface area contributed by atoms with Crippen LogP contribution in [0.4, 0.5) is 0 Å². The molecule has 0 radical (unpaired) electrons. The summed E-state index contributed by atoms with van der Waals surface area (Å²) in [6.45, 7) is 2.26. The molecule has 0 saturated carbocycles. The Morgan fingerprint density at radius 1 is 1.54 bits per heavy atom. The van der Waals surface area contributed by atoms with Gasteiger partial charge in [0, 0.05) is 51.2 Å². The van der Waals surface area contributed by atoms with Crippen LogP contribution >= 0.6 is 0 Å². The molecule has 2 fully saturated rings. The predicted molar refractivity (Wildman–Crippen MR) is 84.6 cm³/mol. The minimum Gasteiger partial charge on any atom is -0.483 e. The number of ether oxygens (including phenoxy) is 1. The second-order valence-corrected chi connectivity index (χ2v) is 5.95. The van der Waals surface area contributed by atoms with E-state index in [1.54, 1.807) is 17.0 Å².